The molecule has 0 N–H and O–H groups in total. The SMILES string of the molecule is COc1cc(C=C(C#N)c2ccccn2)cc(Br)c1OC. The first kappa shape index (κ1) is 15.1. The molecule has 1 aromatic carbocycles. The van der Waals surface area contributed by atoms with E-state index in [4.69, 9.17) is 9.47 Å². The normalized spacial score (nSPS) is 10.9. The number of hydrogen-bond donors (Lipinski definition) is 0. The van der Waals surface area contributed by atoms with Crippen LogP contribution in [-0.4, -0.2) is 19.2 Å². The van der Waals surface area contributed by atoms with Gasteiger partial charge in [0.1, 0.15) is 6.07 Å². The third-order valence-electron chi connectivity index (χ3n) is 2.83. The summed E-state index contributed by atoms with van der Waals surface area (Å²) >= 11 is 3.43. The third kappa shape index (κ3) is 3.41. The summed E-state index contributed by atoms with van der Waals surface area (Å²) in [6.45, 7) is 0. The van der Waals surface area contributed by atoms with Gasteiger partial charge in [0.05, 0.1) is 30.0 Å². The van der Waals surface area contributed by atoms with Crippen molar-refractivity contribution in [3.8, 4) is 17.6 Å². The van der Waals surface area contributed by atoms with E-state index in [1.807, 2.05) is 24.3 Å². The minimum Gasteiger partial charge on any atom is -0.493 e. The Hall–Kier alpha value is -2.32. The minimum absolute atomic E-state index is 0.481. The number of nitriles is 1. The summed E-state index contributed by atoms with van der Waals surface area (Å²) in [4.78, 5) is 4.19. The van der Waals surface area contributed by atoms with E-state index in [-0.39, 0.29) is 0 Å². The zero-order valence-electron chi connectivity index (χ0n) is 11.6. The molecule has 0 fully saturated rings. The molecule has 0 aliphatic carbocycles. The van der Waals surface area contributed by atoms with Gasteiger partial charge in [0.25, 0.3) is 0 Å². The van der Waals surface area contributed by atoms with Crippen molar-refractivity contribution in [2.75, 3.05) is 14.2 Å². The van der Waals surface area contributed by atoms with E-state index in [1.54, 1.807) is 32.6 Å². The van der Waals surface area contributed by atoms with E-state index in [0.717, 1.165) is 10.0 Å². The van der Waals surface area contributed by atoms with Gasteiger partial charge in [-0.3, -0.25) is 4.98 Å². The van der Waals surface area contributed by atoms with Crippen molar-refractivity contribution < 1.29 is 9.47 Å². The van der Waals surface area contributed by atoms with Gasteiger partial charge in [-0.25, -0.2) is 0 Å². The number of halogens is 1. The van der Waals surface area contributed by atoms with Crippen molar-refractivity contribution in [2.24, 2.45) is 0 Å². The molecule has 0 spiro atoms. The number of hydrogen-bond acceptors (Lipinski definition) is 4. The van der Waals surface area contributed by atoms with Gasteiger partial charge in [-0.05, 0) is 51.8 Å². The summed E-state index contributed by atoms with van der Waals surface area (Å²) in [6, 6.07) is 11.3. The van der Waals surface area contributed by atoms with Crippen molar-refractivity contribution in [3.63, 3.8) is 0 Å². The molecule has 106 valence electrons. The van der Waals surface area contributed by atoms with Gasteiger partial charge < -0.3 is 9.47 Å². The average molecular weight is 345 g/mol. The second kappa shape index (κ2) is 6.91. The van der Waals surface area contributed by atoms with E-state index < -0.39 is 0 Å². The number of benzene rings is 1. The van der Waals surface area contributed by atoms with Gasteiger partial charge in [-0.1, -0.05) is 6.07 Å². The number of nitrogens with zero attached hydrogens (tertiary/aromatic N) is 2. The van der Waals surface area contributed by atoms with Gasteiger partial charge >= 0.3 is 0 Å². The summed E-state index contributed by atoms with van der Waals surface area (Å²) in [6.07, 6.45) is 3.42. The predicted molar refractivity (Wildman–Crippen MR) is 85.0 cm³/mol. The van der Waals surface area contributed by atoms with Crippen LogP contribution in [-0.2, 0) is 0 Å². The molecule has 1 aromatic heterocycles. The largest absolute Gasteiger partial charge is 0.493 e. The van der Waals surface area contributed by atoms with Crippen LogP contribution in [0.25, 0.3) is 11.6 Å². The third-order valence-corrected chi connectivity index (χ3v) is 3.42. The molecule has 2 rings (SSSR count). The van der Waals surface area contributed by atoms with E-state index in [0.29, 0.717) is 22.8 Å². The van der Waals surface area contributed by atoms with E-state index in [1.165, 1.54) is 0 Å². The molecule has 21 heavy (non-hydrogen) atoms. The highest BCUT2D eigenvalue weighted by atomic mass is 79.9. The lowest BCUT2D eigenvalue weighted by Gasteiger charge is -2.10. The molecule has 0 radical (unpaired) electrons. The number of allylic oxidation sites excluding steroid dienone is 1. The average Bonchev–Trinajstić information content (AvgIpc) is 2.52. The Morgan fingerprint density at radius 2 is 2.10 bits per heavy atom. The first-order chi connectivity index (χ1) is 10.2. The summed E-state index contributed by atoms with van der Waals surface area (Å²) < 4.78 is 11.3. The van der Waals surface area contributed by atoms with Crippen LogP contribution < -0.4 is 9.47 Å². The molecule has 0 aliphatic heterocycles. The summed E-state index contributed by atoms with van der Waals surface area (Å²) in [5.74, 6) is 1.21. The summed E-state index contributed by atoms with van der Waals surface area (Å²) in [7, 11) is 3.15. The monoisotopic (exact) mass is 344 g/mol. The Morgan fingerprint density at radius 1 is 1.29 bits per heavy atom. The van der Waals surface area contributed by atoms with E-state index in [2.05, 4.69) is 27.0 Å². The smallest absolute Gasteiger partial charge is 0.174 e. The lowest BCUT2D eigenvalue weighted by molar-refractivity contribution is 0.353. The van der Waals surface area contributed by atoms with Crippen LogP contribution in [0.1, 0.15) is 11.3 Å². The number of rotatable bonds is 4. The fourth-order valence-corrected chi connectivity index (χ4v) is 2.50. The van der Waals surface area contributed by atoms with Crippen molar-refractivity contribution in [3.05, 3.63) is 52.3 Å². The molecule has 0 atom stereocenters. The van der Waals surface area contributed by atoms with Crippen LogP contribution in [0, 0.1) is 11.3 Å². The molecule has 0 saturated carbocycles. The van der Waals surface area contributed by atoms with Crippen LogP contribution in [0.15, 0.2) is 41.0 Å². The van der Waals surface area contributed by atoms with Gasteiger partial charge in [-0.15, -0.1) is 0 Å². The second-order valence-electron chi connectivity index (χ2n) is 4.12. The topological polar surface area (TPSA) is 55.1 Å². The van der Waals surface area contributed by atoms with Crippen molar-refractivity contribution in [2.45, 2.75) is 0 Å². The maximum absolute atomic E-state index is 9.31. The van der Waals surface area contributed by atoms with Crippen LogP contribution in [0.5, 0.6) is 11.5 Å². The predicted octanol–water partition coefficient (Wildman–Crippen LogP) is 3.93. The Labute approximate surface area is 131 Å². The maximum atomic E-state index is 9.31. The van der Waals surface area contributed by atoms with Crippen molar-refractivity contribution in [1.82, 2.24) is 4.98 Å². The molecule has 1 heterocycles. The molecule has 0 amide bonds. The van der Waals surface area contributed by atoms with E-state index in [9.17, 15) is 5.26 Å². The lowest BCUT2D eigenvalue weighted by atomic mass is 10.1. The zero-order chi connectivity index (χ0) is 15.2. The van der Waals surface area contributed by atoms with Crippen LogP contribution in [0.4, 0.5) is 0 Å². The minimum atomic E-state index is 0.481. The standard InChI is InChI=1S/C16H13BrN2O2/c1-20-15-9-11(8-13(17)16(15)21-2)7-12(10-18)14-5-3-4-6-19-14/h3-9H,1-2H3. The maximum Gasteiger partial charge on any atom is 0.174 e. The molecule has 5 heteroatoms. The highest BCUT2D eigenvalue weighted by molar-refractivity contribution is 9.10. The van der Waals surface area contributed by atoms with Gasteiger partial charge in [0.2, 0.25) is 0 Å². The first-order valence-electron chi connectivity index (χ1n) is 6.14. The second-order valence-corrected chi connectivity index (χ2v) is 4.98. The molecule has 0 unspecified atom stereocenters. The number of pyridine rings is 1. The van der Waals surface area contributed by atoms with E-state index >= 15 is 0 Å². The Bertz CT molecular complexity index is 706. The number of aromatic nitrogens is 1. The molecular weight excluding hydrogens is 332 g/mol. The molecule has 0 bridgehead atoms. The van der Waals surface area contributed by atoms with Gasteiger partial charge in [0.15, 0.2) is 11.5 Å². The Balaban J connectivity index is 2.49. The molecule has 0 aliphatic rings. The van der Waals surface area contributed by atoms with Crippen molar-refractivity contribution in [1.29, 1.82) is 5.26 Å². The highest BCUT2D eigenvalue weighted by Crippen LogP contribution is 2.37. The zero-order valence-corrected chi connectivity index (χ0v) is 13.2. The fraction of sp³-hybridized carbons (Fsp3) is 0.125. The highest BCUT2D eigenvalue weighted by Gasteiger charge is 2.10. The fourth-order valence-electron chi connectivity index (χ4n) is 1.87. The Kier molecular flexibility index (Phi) is 4.96. The Morgan fingerprint density at radius 3 is 2.67 bits per heavy atom. The van der Waals surface area contributed by atoms with Crippen LogP contribution in [0.2, 0.25) is 0 Å². The number of ether oxygens (including phenoxy) is 2. The van der Waals surface area contributed by atoms with Crippen LogP contribution >= 0.6 is 15.9 Å². The van der Waals surface area contributed by atoms with Crippen LogP contribution in [0.3, 0.4) is 0 Å². The van der Waals surface area contributed by atoms with Gasteiger partial charge in [0, 0.05) is 6.20 Å². The quantitative estimate of drug-likeness (QED) is 0.788. The summed E-state index contributed by atoms with van der Waals surface area (Å²) in [5.41, 5.74) is 1.93. The lowest BCUT2D eigenvalue weighted by Crippen LogP contribution is -1.93. The molecular formula is C16H13BrN2O2. The summed E-state index contributed by atoms with van der Waals surface area (Å²) in [5, 5.41) is 9.31. The molecule has 4 nitrogen and oxygen atoms in total. The molecule has 0 saturated heterocycles. The first-order valence-corrected chi connectivity index (χ1v) is 6.93. The number of methoxy groups -OCH3 is 2. The molecule has 2 aromatic rings. The van der Waals surface area contributed by atoms with Gasteiger partial charge in [-0.2, -0.15) is 5.26 Å². The van der Waals surface area contributed by atoms with Crippen molar-refractivity contribution >= 4 is 27.6 Å².